The van der Waals surface area contributed by atoms with Crippen LogP contribution in [0.5, 0.6) is 0 Å². The van der Waals surface area contributed by atoms with Gasteiger partial charge in [0.1, 0.15) is 0 Å². The van der Waals surface area contributed by atoms with Crippen molar-refractivity contribution in [3.8, 4) is 0 Å². The fourth-order valence-electron chi connectivity index (χ4n) is 2.06. The van der Waals surface area contributed by atoms with Gasteiger partial charge in [0.15, 0.2) is 0 Å². The van der Waals surface area contributed by atoms with Gasteiger partial charge in [-0.25, -0.2) is 0 Å². The van der Waals surface area contributed by atoms with Crippen molar-refractivity contribution < 1.29 is 19.5 Å². The molecule has 2 rings (SSSR count). The molecule has 0 fully saturated rings. The summed E-state index contributed by atoms with van der Waals surface area (Å²) in [7, 11) is 0. The summed E-state index contributed by atoms with van der Waals surface area (Å²) in [5.41, 5.74) is 10.8. The standard InChI is InChI=1S/2C8H13N.Ru/c2*1-5-6(2)8(4)9-7(5)3;/h2*9H,1-4H3;. The van der Waals surface area contributed by atoms with Gasteiger partial charge in [0.05, 0.1) is 0 Å². The summed E-state index contributed by atoms with van der Waals surface area (Å²) in [5, 5.41) is 0. The minimum atomic E-state index is 0. The van der Waals surface area contributed by atoms with Crippen LogP contribution in [0.25, 0.3) is 0 Å². The first-order valence-electron chi connectivity index (χ1n) is 6.50. The van der Waals surface area contributed by atoms with Gasteiger partial charge in [0.25, 0.3) is 0 Å². The molecule has 2 aromatic rings. The van der Waals surface area contributed by atoms with E-state index in [1.54, 1.807) is 0 Å². The fraction of sp³-hybridized carbons (Fsp3) is 0.500. The summed E-state index contributed by atoms with van der Waals surface area (Å²) in [4.78, 5) is 6.55. The third-order valence-corrected chi connectivity index (χ3v) is 4.12. The van der Waals surface area contributed by atoms with Gasteiger partial charge in [-0.15, -0.1) is 0 Å². The van der Waals surface area contributed by atoms with E-state index in [-0.39, 0.29) is 19.5 Å². The molecule has 0 saturated heterocycles. The van der Waals surface area contributed by atoms with Crippen LogP contribution < -0.4 is 0 Å². The number of aryl methyl sites for hydroxylation is 4. The summed E-state index contributed by atoms with van der Waals surface area (Å²) >= 11 is 0. The molecule has 2 heterocycles. The molecule has 0 unspecified atom stereocenters. The number of rotatable bonds is 0. The van der Waals surface area contributed by atoms with E-state index in [1.807, 2.05) is 0 Å². The van der Waals surface area contributed by atoms with Gasteiger partial charge in [-0.2, -0.15) is 0 Å². The van der Waals surface area contributed by atoms with Crippen LogP contribution in [0.1, 0.15) is 45.0 Å². The maximum absolute atomic E-state index is 3.28. The van der Waals surface area contributed by atoms with Crippen LogP contribution in [0.2, 0.25) is 0 Å². The van der Waals surface area contributed by atoms with Crippen LogP contribution in [-0.2, 0) is 19.5 Å². The van der Waals surface area contributed by atoms with E-state index in [4.69, 9.17) is 0 Å². The average molecular weight is 347 g/mol. The van der Waals surface area contributed by atoms with Crippen LogP contribution in [0.3, 0.4) is 0 Å². The summed E-state index contributed by atoms with van der Waals surface area (Å²) in [6, 6.07) is 0. The Morgan fingerprint density at radius 2 is 0.579 bits per heavy atom. The maximum Gasteiger partial charge on any atom is 0.0150 e. The van der Waals surface area contributed by atoms with Crippen molar-refractivity contribution in [1.82, 2.24) is 9.97 Å². The third kappa shape index (κ3) is 4.07. The molecular weight excluding hydrogens is 321 g/mol. The summed E-state index contributed by atoms with van der Waals surface area (Å²) in [6.07, 6.45) is 0. The zero-order valence-electron chi connectivity index (χ0n) is 13.4. The molecule has 0 radical (unpaired) electrons. The number of hydrogen-bond acceptors (Lipinski definition) is 0. The molecule has 0 aliphatic carbocycles. The second-order valence-corrected chi connectivity index (χ2v) is 5.25. The molecule has 0 atom stereocenters. The first kappa shape index (κ1) is 18.2. The van der Waals surface area contributed by atoms with E-state index in [9.17, 15) is 0 Å². The Bertz CT molecular complexity index is 452. The molecule has 2 nitrogen and oxygen atoms in total. The molecule has 108 valence electrons. The minimum Gasteiger partial charge on any atom is -0.362 e. The van der Waals surface area contributed by atoms with E-state index >= 15 is 0 Å². The van der Waals surface area contributed by atoms with Crippen LogP contribution in [0.15, 0.2) is 0 Å². The van der Waals surface area contributed by atoms with Gasteiger partial charge in [0, 0.05) is 42.3 Å². The third-order valence-electron chi connectivity index (χ3n) is 4.12. The summed E-state index contributed by atoms with van der Waals surface area (Å²) < 4.78 is 0. The zero-order chi connectivity index (χ0) is 14.0. The van der Waals surface area contributed by atoms with E-state index < -0.39 is 0 Å². The van der Waals surface area contributed by atoms with E-state index in [1.165, 1.54) is 45.0 Å². The monoisotopic (exact) mass is 348 g/mol. The van der Waals surface area contributed by atoms with E-state index in [2.05, 4.69) is 65.4 Å². The molecule has 3 heteroatoms. The summed E-state index contributed by atoms with van der Waals surface area (Å²) in [6.45, 7) is 17.0. The van der Waals surface area contributed by atoms with Crippen molar-refractivity contribution in [2.75, 3.05) is 0 Å². The molecule has 0 aliphatic heterocycles. The molecular formula is C16H26N2Ru. The van der Waals surface area contributed by atoms with E-state index in [0.29, 0.717) is 0 Å². The van der Waals surface area contributed by atoms with Crippen molar-refractivity contribution in [3.05, 3.63) is 45.0 Å². The molecule has 0 amide bonds. The minimum absolute atomic E-state index is 0. The SMILES string of the molecule is Cc1[nH]c(C)c(C)c1C.Cc1[nH]c(C)c(C)c1C.[Ru]. The van der Waals surface area contributed by atoms with Gasteiger partial charge in [-0.1, -0.05) is 0 Å². The Morgan fingerprint density at radius 3 is 0.632 bits per heavy atom. The van der Waals surface area contributed by atoms with Gasteiger partial charge in [-0.05, 0) is 77.6 Å². The molecule has 0 aromatic carbocycles. The Balaban J connectivity index is 0.000000324. The Kier molecular flexibility index (Phi) is 6.79. The van der Waals surface area contributed by atoms with Crippen LogP contribution in [0.4, 0.5) is 0 Å². The molecule has 0 saturated carbocycles. The van der Waals surface area contributed by atoms with Crippen molar-refractivity contribution in [3.63, 3.8) is 0 Å². The van der Waals surface area contributed by atoms with Gasteiger partial charge >= 0.3 is 0 Å². The van der Waals surface area contributed by atoms with Gasteiger partial charge in [-0.3, -0.25) is 0 Å². The smallest absolute Gasteiger partial charge is 0.0150 e. The molecule has 0 bridgehead atoms. The van der Waals surface area contributed by atoms with Crippen molar-refractivity contribution in [1.29, 1.82) is 0 Å². The second kappa shape index (κ2) is 7.10. The Labute approximate surface area is 130 Å². The normalized spacial score (nSPS) is 9.68. The summed E-state index contributed by atoms with van der Waals surface area (Å²) in [5.74, 6) is 0. The van der Waals surface area contributed by atoms with Crippen LogP contribution in [-0.4, -0.2) is 9.97 Å². The molecule has 0 spiro atoms. The first-order chi connectivity index (χ1) is 8.25. The number of aromatic nitrogens is 2. The zero-order valence-corrected chi connectivity index (χ0v) is 15.1. The predicted molar refractivity (Wildman–Crippen MR) is 79.5 cm³/mol. The fourth-order valence-corrected chi connectivity index (χ4v) is 2.06. The quantitative estimate of drug-likeness (QED) is 0.658. The van der Waals surface area contributed by atoms with Crippen LogP contribution in [0, 0.1) is 55.4 Å². The topological polar surface area (TPSA) is 31.6 Å². The average Bonchev–Trinajstić information content (AvgIpc) is 2.66. The second-order valence-electron chi connectivity index (χ2n) is 5.25. The molecule has 2 N–H and O–H groups in total. The van der Waals surface area contributed by atoms with Crippen LogP contribution >= 0.6 is 0 Å². The van der Waals surface area contributed by atoms with Gasteiger partial charge in [0.2, 0.25) is 0 Å². The largest absolute Gasteiger partial charge is 0.362 e. The van der Waals surface area contributed by atoms with Crippen molar-refractivity contribution >= 4 is 0 Å². The van der Waals surface area contributed by atoms with E-state index in [0.717, 1.165) is 0 Å². The molecule has 2 aromatic heterocycles. The number of aromatic amines is 2. The van der Waals surface area contributed by atoms with Crippen molar-refractivity contribution in [2.24, 2.45) is 0 Å². The predicted octanol–water partition coefficient (Wildman–Crippen LogP) is 4.49. The Morgan fingerprint density at radius 1 is 0.421 bits per heavy atom. The number of hydrogen-bond donors (Lipinski definition) is 2. The van der Waals surface area contributed by atoms with Gasteiger partial charge < -0.3 is 9.97 Å². The Hall–Kier alpha value is -0.817. The van der Waals surface area contributed by atoms with Crippen molar-refractivity contribution in [2.45, 2.75) is 55.4 Å². The number of H-pyrrole nitrogens is 2. The molecule has 0 aliphatic rings. The first-order valence-corrected chi connectivity index (χ1v) is 6.50. The maximum atomic E-state index is 3.28. The molecule has 19 heavy (non-hydrogen) atoms. The number of nitrogens with one attached hydrogen (secondary N) is 2.